The molecule has 0 aliphatic rings. The summed E-state index contributed by atoms with van der Waals surface area (Å²) in [7, 11) is 0. The Kier molecular flexibility index (Phi) is 2.10. The molecule has 0 N–H and O–H groups in total. The number of esters is 1. The minimum absolute atomic E-state index is 0.0684. The Hall–Kier alpha value is -1.52. The van der Waals surface area contributed by atoms with E-state index in [2.05, 4.69) is 13.6 Å². The lowest BCUT2D eigenvalue weighted by molar-refractivity contribution is -0.142. The van der Waals surface area contributed by atoms with Gasteiger partial charge in [0.2, 0.25) is 0 Å². The molecule has 0 atom stereocenters. The minimum atomic E-state index is -0.799. The molecule has 1 aromatic heterocycles. The Bertz CT molecular complexity index is 294. The molecule has 0 aliphatic heterocycles. The van der Waals surface area contributed by atoms with Gasteiger partial charge in [-0.25, -0.2) is 4.79 Å². The van der Waals surface area contributed by atoms with Crippen molar-refractivity contribution in [3.05, 3.63) is 22.6 Å². The van der Waals surface area contributed by atoms with E-state index in [0.29, 0.717) is 0 Å². The van der Waals surface area contributed by atoms with Crippen LogP contribution < -0.4 is 5.82 Å². The van der Waals surface area contributed by atoms with Crippen molar-refractivity contribution >= 4 is 5.97 Å². The topological polar surface area (TPSA) is 69.7 Å². The van der Waals surface area contributed by atoms with Gasteiger partial charge in [0.05, 0.1) is 0 Å². The molecule has 1 rings (SSSR count). The van der Waals surface area contributed by atoms with E-state index in [0.717, 1.165) is 6.26 Å². The second-order valence-electron chi connectivity index (χ2n) is 1.83. The molecule has 0 radical (unpaired) electrons. The maximum atomic E-state index is 10.3. The molecule has 0 amide bonds. The van der Waals surface area contributed by atoms with Crippen LogP contribution in [0, 0.1) is 0 Å². The first-order valence-electron chi connectivity index (χ1n) is 2.89. The first-order chi connectivity index (χ1) is 5.18. The molecule has 0 saturated carbocycles. The van der Waals surface area contributed by atoms with Gasteiger partial charge >= 0.3 is 11.8 Å². The fourth-order valence-electron chi connectivity index (χ4n) is 0.505. The van der Waals surface area contributed by atoms with Crippen LogP contribution >= 0.6 is 0 Å². The summed E-state index contributed by atoms with van der Waals surface area (Å²) in [6.07, 6.45) is 1.10. The van der Waals surface area contributed by atoms with Crippen molar-refractivity contribution < 1.29 is 18.4 Å². The third-order valence-corrected chi connectivity index (χ3v) is 0.919. The second-order valence-corrected chi connectivity index (χ2v) is 1.83. The average Bonchev–Trinajstić information content (AvgIpc) is 2.31. The maximum Gasteiger partial charge on any atom is 0.518 e. The molecule has 1 heterocycles. The third kappa shape index (κ3) is 2.29. The van der Waals surface area contributed by atoms with Crippen LogP contribution in [0.5, 0.6) is 0 Å². The van der Waals surface area contributed by atoms with Gasteiger partial charge in [-0.15, -0.1) is 0 Å². The van der Waals surface area contributed by atoms with Crippen molar-refractivity contribution in [3.63, 3.8) is 0 Å². The summed E-state index contributed by atoms with van der Waals surface area (Å²) >= 11 is 0. The summed E-state index contributed by atoms with van der Waals surface area (Å²) in [5.41, 5.74) is 0. The number of rotatable bonds is 2. The molecule has 0 aliphatic carbocycles. The Morgan fingerprint density at radius 2 is 2.45 bits per heavy atom. The van der Waals surface area contributed by atoms with Crippen molar-refractivity contribution in [1.82, 2.24) is 0 Å². The van der Waals surface area contributed by atoms with Gasteiger partial charge in [-0.2, -0.15) is 0 Å². The lowest BCUT2D eigenvalue weighted by Crippen LogP contribution is -1.98. The van der Waals surface area contributed by atoms with Gasteiger partial charge < -0.3 is 13.6 Å². The molecule has 0 unspecified atom stereocenters. The van der Waals surface area contributed by atoms with Crippen molar-refractivity contribution in [2.24, 2.45) is 0 Å². The van der Waals surface area contributed by atoms with Crippen LogP contribution in [-0.2, 0) is 16.1 Å². The van der Waals surface area contributed by atoms with Gasteiger partial charge in [0.15, 0.2) is 12.4 Å². The molecular weight excluding hydrogens is 152 g/mol. The van der Waals surface area contributed by atoms with Crippen LogP contribution in [0.2, 0.25) is 0 Å². The van der Waals surface area contributed by atoms with Gasteiger partial charge in [0.25, 0.3) is 0 Å². The van der Waals surface area contributed by atoms with Crippen LogP contribution in [0.4, 0.5) is 0 Å². The Morgan fingerprint density at radius 1 is 1.73 bits per heavy atom. The smallest absolute Gasteiger partial charge is 0.458 e. The highest BCUT2D eigenvalue weighted by molar-refractivity contribution is 5.65. The Balaban J connectivity index is 2.51. The Labute approximate surface area is 61.6 Å². The second kappa shape index (κ2) is 3.05. The molecular formula is C6H6O5. The van der Waals surface area contributed by atoms with Gasteiger partial charge in [-0.05, 0) is 0 Å². The average molecular weight is 158 g/mol. The largest absolute Gasteiger partial charge is 0.518 e. The molecule has 0 aromatic carbocycles. The summed E-state index contributed by atoms with van der Waals surface area (Å²) < 4.78 is 13.2. The fourth-order valence-corrected chi connectivity index (χ4v) is 0.505. The normalized spacial score (nSPS) is 9.55. The van der Waals surface area contributed by atoms with E-state index in [1.54, 1.807) is 0 Å². The van der Waals surface area contributed by atoms with E-state index in [9.17, 15) is 9.59 Å². The predicted octanol–water partition coefficient (Wildman–Crippen LogP) is 0.296. The highest BCUT2D eigenvalue weighted by atomic mass is 16.6. The van der Waals surface area contributed by atoms with E-state index < -0.39 is 11.8 Å². The Morgan fingerprint density at radius 3 is 2.91 bits per heavy atom. The van der Waals surface area contributed by atoms with Crippen LogP contribution in [-0.4, -0.2) is 5.97 Å². The van der Waals surface area contributed by atoms with Gasteiger partial charge in [-0.1, -0.05) is 0 Å². The molecule has 60 valence electrons. The fraction of sp³-hybridized carbons (Fsp3) is 0.333. The standard InChI is InChI=1S/C6H6O5/c1-4(7)9-2-5-3-10-6(8)11-5/h3H,2H2,1H3. The quantitative estimate of drug-likeness (QED) is 0.578. The zero-order valence-corrected chi connectivity index (χ0v) is 5.83. The number of hydrogen-bond acceptors (Lipinski definition) is 5. The molecule has 0 bridgehead atoms. The van der Waals surface area contributed by atoms with E-state index in [-0.39, 0.29) is 12.4 Å². The molecule has 11 heavy (non-hydrogen) atoms. The third-order valence-electron chi connectivity index (χ3n) is 0.919. The molecule has 5 nitrogen and oxygen atoms in total. The summed E-state index contributed by atoms with van der Waals surface area (Å²) in [4.78, 5) is 20.5. The first kappa shape index (κ1) is 7.59. The number of carbonyl (C=O) groups excluding carboxylic acids is 1. The lowest BCUT2D eigenvalue weighted by atomic mass is 10.6. The number of hydrogen-bond donors (Lipinski definition) is 0. The number of carbonyl (C=O) groups is 1. The summed E-state index contributed by atoms with van der Waals surface area (Å²) in [6.45, 7) is 1.19. The molecule has 5 heteroatoms. The molecule has 0 saturated heterocycles. The van der Waals surface area contributed by atoms with Crippen LogP contribution in [0.1, 0.15) is 12.7 Å². The predicted molar refractivity (Wildman–Crippen MR) is 32.7 cm³/mol. The van der Waals surface area contributed by atoms with E-state index in [1.807, 2.05) is 0 Å². The minimum Gasteiger partial charge on any atom is -0.458 e. The highest BCUT2D eigenvalue weighted by Gasteiger charge is 2.01. The van der Waals surface area contributed by atoms with Crippen molar-refractivity contribution in [3.8, 4) is 0 Å². The maximum absolute atomic E-state index is 10.3. The summed E-state index contributed by atoms with van der Waals surface area (Å²) in [5, 5.41) is 0. The molecule has 1 aromatic rings. The summed E-state index contributed by atoms with van der Waals surface area (Å²) in [5.74, 6) is -1.04. The lowest BCUT2D eigenvalue weighted by Gasteiger charge is -1.93. The SMILES string of the molecule is CC(=O)OCc1coc(=O)o1. The first-order valence-corrected chi connectivity index (χ1v) is 2.89. The van der Waals surface area contributed by atoms with Crippen LogP contribution in [0.15, 0.2) is 19.9 Å². The van der Waals surface area contributed by atoms with Gasteiger partial charge in [-0.3, -0.25) is 4.79 Å². The van der Waals surface area contributed by atoms with E-state index in [1.165, 1.54) is 6.92 Å². The van der Waals surface area contributed by atoms with Crippen LogP contribution in [0.3, 0.4) is 0 Å². The molecule has 0 spiro atoms. The van der Waals surface area contributed by atoms with Crippen LogP contribution in [0.25, 0.3) is 0 Å². The summed E-state index contributed by atoms with van der Waals surface area (Å²) in [6, 6.07) is 0. The van der Waals surface area contributed by atoms with Crippen molar-refractivity contribution in [2.45, 2.75) is 13.5 Å². The highest BCUT2D eigenvalue weighted by Crippen LogP contribution is 1.97. The zero-order valence-electron chi connectivity index (χ0n) is 5.83. The molecule has 0 fully saturated rings. The van der Waals surface area contributed by atoms with Gasteiger partial charge in [0.1, 0.15) is 6.26 Å². The van der Waals surface area contributed by atoms with Crippen molar-refractivity contribution in [1.29, 1.82) is 0 Å². The monoisotopic (exact) mass is 158 g/mol. The number of ether oxygens (including phenoxy) is 1. The van der Waals surface area contributed by atoms with Gasteiger partial charge in [0, 0.05) is 6.92 Å². The van der Waals surface area contributed by atoms with Crippen molar-refractivity contribution in [2.75, 3.05) is 0 Å². The van der Waals surface area contributed by atoms with E-state index >= 15 is 0 Å². The van der Waals surface area contributed by atoms with E-state index in [4.69, 9.17) is 0 Å². The zero-order chi connectivity index (χ0) is 8.27.